The number of benzene rings is 1. The smallest absolute Gasteiger partial charge is 0.146 e. The van der Waals surface area contributed by atoms with E-state index in [-0.39, 0.29) is 5.82 Å². The third kappa shape index (κ3) is 2.86. The number of para-hydroxylation sites is 1. The normalized spacial score (nSPS) is 10.6. The highest BCUT2D eigenvalue weighted by Crippen LogP contribution is 2.25. The maximum atomic E-state index is 14.0. The summed E-state index contributed by atoms with van der Waals surface area (Å²) in [7, 11) is 1.87. The summed E-state index contributed by atoms with van der Waals surface area (Å²) in [6.07, 6.45) is 0.675. The van der Waals surface area contributed by atoms with Gasteiger partial charge in [-0.2, -0.15) is 0 Å². The number of hydrogen-bond acceptors (Lipinski definition) is 4. The molecule has 0 spiro atoms. The Morgan fingerprint density at radius 3 is 2.94 bits per heavy atom. The molecule has 0 aliphatic carbocycles. The Morgan fingerprint density at radius 1 is 1.44 bits per heavy atom. The zero-order chi connectivity index (χ0) is 13.0. The minimum Gasteiger partial charge on any atom is -0.366 e. The topological polar surface area (TPSA) is 42.2 Å². The predicted octanol–water partition coefficient (Wildman–Crippen LogP) is 2.42. The molecule has 3 nitrogen and oxygen atoms in total. The summed E-state index contributed by atoms with van der Waals surface area (Å²) in [4.78, 5) is 6.10. The van der Waals surface area contributed by atoms with E-state index in [1.54, 1.807) is 22.9 Å². The van der Waals surface area contributed by atoms with Gasteiger partial charge in [-0.15, -0.1) is 11.3 Å². The average Bonchev–Trinajstić information content (AvgIpc) is 2.82. The van der Waals surface area contributed by atoms with Crippen molar-refractivity contribution >= 4 is 17.0 Å². The van der Waals surface area contributed by atoms with Gasteiger partial charge < -0.3 is 10.6 Å². The van der Waals surface area contributed by atoms with Crippen LogP contribution >= 0.6 is 11.3 Å². The van der Waals surface area contributed by atoms with Gasteiger partial charge in [-0.3, -0.25) is 0 Å². The molecule has 0 bridgehead atoms. The highest BCUT2D eigenvalue weighted by atomic mass is 32.1. The van der Waals surface area contributed by atoms with E-state index in [1.165, 1.54) is 6.07 Å². The Kier molecular flexibility index (Phi) is 4.28. The Bertz CT molecular complexity index is 499. The van der Waals surface area contributed by atoms with Crippen molar-refractivity contribution in [1.29, 1.82) is 0 Å². The summed E-state index contributed by atoms with van der Waals surface area (Å²) in [6.45, 7) is 1.11. The van der Waals surface area contributed by atoms with Gasteiger partial charge in [0.2, 0.25) is 0 Å². The van der Waals surface area contributed by atoms with Crippen molar-refractivity contribution < 1.29 is 4.39 Å². The molecule has 0 saturated heterocycles. The van der Waals surface area contributed by atoms with Crippen LogP contribution in [0.2, 0.25) is 0 Å². The summed E-state index contributed by atoms with van der Waals surface area (Å²) in [5.74, 6) is -0.210. The van der Waals surface area contributed by atoms with Gasteiger partial charge >= 0.3 is 0 Å². The average molecular weight is 265 g/mol. The fourth-order valence-corrected chi connectivity index (χ4v) is 2.53. The van der Waals surface area contributed by atoms with Crippen molar-refractivity contribution in [1.82, 2.24) is 4.98 Å². The molecule has 0 atom stereocenters. The van der Waals surface area contributed by atoms with E-state index in [4.69, 9.17) is 5.73 Å². The summed E-state index contributed by atoms with van der Waals surface area (Å²) >= 11 is 1.54. The van der Waals surface area contributed by atoms with Gasteiger partial charge in [0.25, 0.3) is 0 Å². The van der Waals surface area contributed by atoms with Crippen LogP contribution < -0.4 is 10.6 Å². The van der Waals surface area contributed by atoms with Gasteiger partial charge in [0, 0.05) is 12.4 Å². The van der Waals surface area contributed by atoms with Crippen molar-refractivity contribution in [3.8, 4) is 0 Å². The number of nitrogens with two attached hydrogens (primary N) is 1. The number of nitrogens with zero attached hydrogens (tertiary/aromatic N) is 2. The zero-order valence-corrected chi connectivity index (χ0v) is 11.1. The first-order chi connectivity index (χ1) is 8.72. The largest absolute Gasteiger partial charge is 0.366 e. The Balaban J connectivity index is 2.25. The second kappa shape index (κ2) is 5.93. The van der Waals surface area contributed by atoms with Crippen LogP contribution in [0.15, 0.2) is 29.1 Å². The Morgan fingerprint density at radius 2 is 2.28 bits per heavy atom. The lowest BCUT2D eigenvalue weighted by molar-refractivity contribution is 0.619. The molecule has 5 heteroatoms. The predicted molar refractivity (Wildman–Crippen MR) is 73.4 cm³/mol. The van der Waals surface area contributed by atoms with E-state index in [1.807, 2.05) is 23.4 Å². The molecule has 0 aliphatic rings. The first kappa shape index (κ1) is 13.0. The number of halogens is 1. The molecule has 2 aromatic rings. The first-order valence-electron chi connectivity index (χ1n) is 5.78. The van der Waals surface area contributed by atoms with Crippen LogP contribution in [0.3, 0.4) is 0 Å². The molecule has 1 aromatic heterocycles. The van der Waals surface area contributed by atoms with Crippen molar-refractivity contribution in [2.24, 2.45) is 5.73 Å². The fourth-order valence-electron chi connectivity index (χ4n) is 1.98. The number of anilines is 1. The Labute approximate surface area is 110 Å². The lowest BCUT2D eigenvalue weighted by atomic mass is 10.1. The second-order valence-electron chi connectivity index (χ2n) is 4.12. The number of rotatable bonds is 5. The van der Waals surface area contributed by atoms with Gasteiger partial charge in [0.05, 0.1) is 23.4 Å². The molecule has 0 fully saturated rings. The molecular formula is C13H16FN3S. The van der Waals surface area contributed by atoms with Crippen molar-refractivity contribution in [2.75, 3.05) is 18.5 Å². The summed E-state index contributed by atoms with van der Waals surface area (Å²) in [5.41, 5.74) is 9.86. The van der Waals surface area contributed by atoms with E-state index in [9.17, 15) is 4.39 Å². The third-order valence-corrected chi connectivity index (χ3v) is 3.38. The van der Waals surface area contributed by atoms with Crippen molar-refractivity contribution in [2.45, 2.75) is 13.0 Å². The quantitative estimate of drug-likeness (QED) is 0.902. The molecule has 0 unspecified atom stereocenters. The fraction of sp³-hybridized carbons (Fsp3) is 0.308. The van der Waals surface area contributed by atoms with E-state index < -0.39 is 0 Å². The Hall–Kier alpha value is -1.46. The highest BCUT2D eigenvalue weighted by Gasteiger charge is 2.13. The van der Waals surface area contributed by atoms with E-state index in [2.05, 4.69) is 4.98 Å². The standard InChI is InChI=1S/C13H16FN3S/c1-17(7-11-8-18-9-16-11)13-10(5-6-15)3-2-4-12(13)14/h2-4,8-9H,5-7,15H2,1H3. The van der Waals surface area contributed by atoms with Gasteiger partial charge in [-0.1, -0.05) is 12.1 Å². The molecular weight excluding hydrogens is 249 g/mol. The SMILES string of the molecule is CN(Cc1cscn1)c1c(F)cccc1CCN. The van der Waals surface area contributed by atoms with Crippen LogP contribution in [-0.2, 0) is 13.0 Å². The summed E-state index contributed by atoms with van der Waals surface area (Å²) < 4.78 is 14.0. The van der Waals surface area contributed by atoms with Crippen LogP contribution in [0.25, 0.3) is 0 Å². The van der Waals surface area contributed by atoms with Gasteiger partial charge in [-0.25, -0.2) is 9.37 Å². The van der Waals surface area contributed by atoms with Gasteiger partial charge in [-0.05, 0) is 24.6 Å². The van der Waals surface area contributed by atoms with Crippen molar-refractivity contribution in [3.05, 3.63) is 46.2 Å². The van der Waals surface area contributed by atoms with Crippen molar-refractivity contribution in [3.63, 3.8) is 0 Å². The number of thiazole rings is 1. The van der Waals surface area contributed by atoms with Crippen LogP contribution in [0.4, 0.5) is 10.1 Å². The molecule has 0 radical (unpaired) electrons. The summed E-state index contributed by atoms with van der Waals surface area (Å²) in [5, 5.41) is 1.97. The first-order valence-corrected chi connectivity index (χ1v) is 6.72. The van der Waals surface area contributed by atoms with Crippen LogP contribution in [0.1, 0.15) is 11.3 Å². The third-order valence-electron chi connectivity index (χ3n) is 2.75. The van der Waals surface area contributed by atoms with Gasteiger partial charge in [0.1, 0.15) is 5.82 Å². The zero-order valence-electron chi connectivity index (χ0n) is 10.3. The number of aromatic nitrogens is 1. The molecule has 0 saturated carbocycles. The van der Waals surface area contributed by atoms with E-state index in [0.29, 0.717) is 25.2 Å². The monoisotopic (exact) mass is 265 g/mol. The molecule has 18 heavy (non-hydrogen) atoms. The van der Waals surface area contributed by atoms with Crippen LogP contribution in [-0.4, -0.2) is 18.6 Å². The number of hydrogen-bond donors (Lipinski definition) is 1. The highest BCUT2D eigenvalue weighted by molar-refractivity contribution is 7.07. The molecule has 96 valence electrons. The molecule has 2 rings (SSSR count). The molecule has 1 heterocycles. The van der Waals surface area contributed by atoms with Gasteiger partial charge in [0.15, 0.2) is 0 Å². The minimum absolute atomic E-state index is 0.210. The molecule has 1 aromatic carbocycles. The molecule has 2 N–H and O–H groups in total. The minimum atomic E-state index is -0.210. The second-order valence-corrected chi connectivity index (χ2v) is 4.84. The van der Waals surface area contributed by atoms with Crippen LogP contribution in [0, 0.1) is 5.82 Å². The lowest BCUT2D eigenvalue weighted by Crippen LogP contribution is -2.20. The van der Waals surface area contributed by atoms with Crippen LogP contribution in [0.5, 0.6) is 0 Å². The van der Waals surface area contributed by atoms with E-state index >= 15 is 0 Å². The van der Waals surface area contributed by atoms with E-state index in [0.717, 1.165) is 11.3 Å². The maximum Gasteiger partial charge on any atom is 0.146 e. The maximum absolute atomic E-state index is 14.0. The summed E-state index contributed by atoms with van der Waals surface area (Å²) in [6, 6.07) is 5.12. The molecule has 0 amide bonds. The lowest BCUT2D eigenvalue weighted by Gasteiger charge is -2.22. The molecule has 0 aliphatic heterocycles.